The lowest BCUT2D eigenvalue weighted by Crippen LogP contribution is -2.57. The smallest absolute Gasteiger partial charge is 0.145 e. The van der Waals surface area contributed by atoms with Crippen LogP contribution in [0.5, 0.6) is 0 Å². The average molecular weight is 767 g/mol. The summed E-state index contributed by atoms with van der Waals surface area (Å²) in [6, 6.07) is 81.9. The number of hydrogen-bond donors (Lipinski definition) is 0. The van der Waals surface area contributed by atoms with E-state index in [-0.39, 0.29) is 0 Å². The molecule has 10 aromatic rings. The molecule has 0 aromatic heterocycles. The molecule has 0 atom stereocenters. The van der Waals surface area contributed by atoms with E-state index >= 15 is 0 Å². The Bertz CT molecular complexity index is 3080. The Hall–Kier alpha value is -7.68. The highest BCUT2D eigenvalue weighted by Gasteiger charge is 2.44. The zero-order valence-corrected chi connectivity index (χ0v) is 33.2. The van der Waals surface area contributed by atoms with Crippen LogP contribution in [0, 0.1) is 0 Å². The standard InChI is InChI=1S/C58H42N2/c1-4-19-42(20-5-1)44-23-18-24-45(39-44)43-35-37-58(38-36-43,59(48-25-6-2-7-26-48)56-40-46-21-10-12-29-50(46)52-31-14-16-33-54(52)56)60(49-27-8-3-9-28-49)57-41-47-22-11-13-30-51(47)53-32-15-17-34-55(53)57/h1-37,39-41H,38H2. The molecule has 1 aliphatic rings. The van der Waals surface area contributed by atoms with Gasteiger partial charge in [-0.1, -0.05) is 194 Å². The summed E-state index contributed by atoms with van der Waals surface area (Å²) in [6.45, 7) is 0. The van der Waals surface area contributed by atoms with E-state index in [0.717, 1.165) is 22.7 Å². The van der Waals surface area contributed by atoms with Crippen LogP contribution in [0.1, 0.15) is 12.0 Å². The summed E-state index contributed by atoms with van der Waals surface area (Å²) >= 11 is 0. The summed E-state index contributed by atoms with van der Waals surface area (Å²) in [5, 5.41) is 9.79. The maximum Gasteiger partial charge on any atom is 0.145 e. The molecular formula is C58H42N2. The predicted octanol–water partition coefficient (Wildman–Crippen LogP) is 15.7. The van der Waals surface area contributed by atoms with Crippen molar-refractivity contribution in [3.63, 3.8) is 0 Å². The van der Waals surface area contributed by atoms with Crippen LogP contribution in [0.2, 0.25) is 0 Å². The van der Waals surface area contributed by atoms with Gasteiger partial charge in [-0.15, -0.1) is 0 Å². The first kappa shape index (κ1) is 35.5. The second kappa shape index (κ2) is 14.9. The van der Waals surface area contributed by atoms with Crippen molar-refractivity contribution in [3.05, 3.63) is 248 Å². The van der Waals surface area contributed by atoms with Crippen molar-refractivity contribution in [3.8, 4) is 11.1 Å². The largest absolute Gasteiger partial charge is 0.313 e. The second-order valence-corrected chi connectivity index (χ2v) is 15.7. The first-order valence-electron chi connectivity index (χ1n) is 20.8. The van der Waals surface area contributed by atoms with Crippen molar-refractivity contribution in [1.82, 2.24) is 0 Å². The minimum Gasteiger partial charge on any atom is -0.313 e. The van der Waals surface area contributed by atoms with E-state index in [0.29, 0.717) is 6.42 Å². The number of fused-ring (bicyclic) bond motifs is 6. The quantitative estimate of drug-likeness (QED) is 0.112. The maximum absolute atomic E-state index is 2.61. The minimum absolute atomic E-state index is 0.681. The van der Waals surface area contributed by atoms with Crippen molar-refractivity contribution in [2.75, 3.05) is 9.80 Å². The summed E-state index contributed by atoms with van der Waals surface area (Å²) in [4.78, 5) is 5.23. The summed E-state index contributed by atoms with van der Waals surface area (Å²) in [5.74, 6) is 0. The van der Waals surface area contributed by atoms with Gasteiger partial charge in [0.25, 0.3) is 0 Å². The van der Waals surface area contributed by atoms with E-state index in [2.05, 4.69) is 252 Å². The number of anilines is 4. The number of benzene rings is 10. The summed E-state index contributed by atoms with van der Waals surface area (Å²) in [6.07, 6.45) is 7.99. The molecule has 0 fully saturated rings. The highest BCUT2D eigenvalue weighted by atomic mass is 15.4. The van der Waals surface area contributed by atoms with Crippen molar-refractivity contribution in [2.24, 2.45) is 0 Å². The molecule has 0 heterocycles. The number of rotatable bonds is 8. The fourth-order valence-electron chi connectivity index (χ4n) is 9.51. The second-order valence-electron chi connectivity index (χ2n) is 15.7. The van der Waals surface area contributed by atoms with Crippen LogP contribution >= 0.6 is 0 Å². The van der Waals surface area contributed by atoms with Crippen molar-refractivity contribution in [2.45, 2.75) is 12.1 Å². The van der Waals surface area contributed by atoms with Crippen LogP contribution in [-0.2, 0) is 0 Å². The van der Waals surface area contributed by atoms with Gasteiger partial charge in [0.15, 0.2) is 0 Å². The van der Waals surface area contributed by atoms with Crippen molar-refractivity contribution >= 4 is 71.4 Å². The van der Waals surface area contributed by atoms with E-state index in [1.165, 1.54) is 65.4 Å². The van der Waals surface area contributed by atoms with Gasteiger partial charge in [-0.25, -0.2) is 0 Å². The molecule has 0 saturated carbocycles. The number of hydrogen-bond acceptors (Lipinski definition) is 2. The zero-order valence-electron chi connectivity index (χ0n) is 33.2. The molecule has 0 aliphatic heterocycles. The lowest BCUT2D eigenvalue weighted by molar-refractivity contribution is 0.528. The van der Waals surface area contributed by atoms with E-state index in [4.69, 9.17) is 0 Å². The van der Waals surface area contributed by atoms with Crippen LogP contribution in [0.25, 0.3) is 59.8 Å². The fraction of sp³-hybridized carbons (Fsp3) is 0.0345. The minimum atomic E-state index is -0.778. The van der Waals surface area contributed by atoms with Gasteiger partial charge < -0.3 is 9.80 Å². The first-order chi connectivity index (χ1) is 29.7. The van der Waals surface area contributed by atoms with Gasteiger partial charge in [0, 0.05) is 28.6 Å². The van der Waals surface area contributed by atoms with Gasteiger partial charge in [0.05, 0.1) is 11.4 Å². The topological polar surface area (TPSA) is 6.48 Å². The average Bonchev–Trinajstić information content (AvgIpc) is 3.33. The van der Waals surface area contributed by atoms with Gasteiger partial charge in [0.1, 0.15) is 5.66 Å². The third-order valence-electron chi connectivity index (χ3n) is 12.2. The van der Waals surface area contributed by atoms with E-state index in [1.807, 2.05) is 0 Å². The third-order valence-corrected chi connectivity index (χ3v) is 12.2. The van der Waals surface area contributed by atoms with Crippen molar-refractivity contribution in [1.29, 1.82) is 0 Å². The maximum atomic E-state index is 2.61. The molecule has 11 rings (SSSR count). The number of allylic oxidation sites excluding steroid dienone is 2. The number of nitrogens with zero attached hydrogens (tertiary/aromatic N) is 2. The normalized spacial score (nSPS) is 13.4. The van der Waals surface area contributed by atoms with Crippen LogP contribution < -0.4 is 9.80 Å². The van der Waals surface area contributed by atoms with Gasteiger partial charge in [0.2, 0.25) is 0 Å². The van der Waals surface area contributed by atoms with Crippen molar-refractivity contribution < 1.29 is 0 Å². The van der Waals surface area contributed by atoms with Crippen LogP contribution in [0.4, 0.5) is 22.7 Å². The molecule has 10 aromatic carbocycles. The van der Waals surface area contributed by atoms with Crippen LogP contribution in [0.15, 0.2) is 243 Å². The molecule has 2 heteroatoms. The summed E-state index contributed by atoms with van der Waals surface area (Å²) in [5.41, 5.74) is 8.56. The highest BCUT2D eigenvalue weighted by Crippen LogP contribution is 2.51. The Labute approximate surface area is 351 Å². The molecule has 0 unspecified atom stereocenters. The monoisotopic (exact) mass is 766 g/mol. The molecule has 60 heavy (non-hydrogen) atoms. The molecule has 1 aliphatic carbocycles. The molecule has 0 saturated heterocycles. The first-order valence-corrected chi connectivity index (χ1v) is 20.8. The Morgan fingerprint density at radius 3 is 1.25 bits per heavy atom. The summed E-state index contributed by atoms with van der Waals surface area (Å²) in [7, 11) is 0. The molecule has 2 nitrogen and oxygen atoms in total. The molecule has 0 N–H and O–H groups in total. The van der Waals surface area contributed by atoms with E-state index < -0.39 is 5.66 Å². The molecule has 284 valence electrons. The van der Waals surface area contributed by atoms with Gasteiger partial charge in [-0.05, 0) is 103 Å². The SMILES string of the molecule is C1=CC(N(c2ccccc2)c2cc3ccccc3c3ccccc23)(N(c2ccccc2)c2cc3ccccc3c3ccccc23)CC=C1c1cccc(-c2ccccc2)c1. The van der Waals surface area contributed by atoms with Gasteiger partial charge in [-0.3, -0.25) is 0 Å². The lowest BCUT2D eigenvalue weighted by Gasteiger charge is -2.52. The van der Waals surface area contributed by atoms with Crippen LogP contribution in [0.3, 0.4) is 0 Å². The van der Waals surface area contributed by atoms with Gasteiger partial charge >= 0.3 is 0 Å². The van der Waals surface area contributed by atoms with Gasteiger partial charge in [-0.2, -0.15) is 0 Å². The Morgan fingerprint density at radius 1 is 0.333 bits per heavy atom. The summed E-state index contributed by atoms with van der Waals surface area (Å²) < 4.78 is 0. The fourth-order valence-corrected chi connectivity index (χ4v) is 9.51. The Balaban J connectivity index is 1.23. The highest BCUT2D eigenvalue weighted by molar-refractivity contribution is 6.16. The molecule has 0 amide bonds. The van der Waals surface area contributed by atoms with E-state index in [9.17, 15) is 0 Å². The molecular weight excluding hydrogens is 725 g/mol. The predicted molar refractivity (Wildman–Crippen MR) is 256 cm³/mol. The zero-order chi connectivity index (χ0) is 39.9. The van der Waals surface area contributed by atoms with E-state index in [1.54, 1.807) is 0 Å². The Morgan fingerprint density at radius 2 is 0.750 bits per heavy atom. The molecule has 0 spiro atoms. The third kappa shape index (κ3) is 6.04. The molecule has 0 radical (unpaired) electrons. The van der Waals surface area contributed by atoms with Crippen LogP contribution in [-0.4, -0.2) is 5.66 Å². The Kier molecular flexibility index (Phi) is 8.82. The molecule has 0 bridgehead atoms. The lowest BCUT2D eigenvalue weighted by atomic mass is 9.86. The number of para-hydroxylation sites is 2.